The van der Waals surface area contributed by atoms with Gasteiger partial charge in [0.15, 0.2) is 0 Å². The maximum absolute atomic E-state index is 14.2. The van der Waals surface area contributed by atoms with Crippen molar-refractivity contribution in [3.8, 4) is 24.7 Å². The second kappa shape index (κ2) is 20.5. The molecular formula is C42H52N6O7Si. The first-order valence-electron chi connectivity index (χ1n) is 18.2. The molecule has 2 unspecified atom stereocenters. The van der Waals surface area contributed by atoms with Crippen LogP contribution in [0.25, 0.3) is 0 Å². The highest BCUT2D eigenvalue weighted by atomic mass is 28.4. The van der Waals surface area contributed by atoms with E-state index in [1.54, 1.807) is 26.0 Å². The fraction of sp³-hybridized carbons (Fsp3) is 0.357. The predicted octanol–water partition coefficient (Wildman–Crippen LogP) is 3.64. The summed E-state index contributed by atoms with van der Waals surface area (Å²) in [5, 5.41) is 21.1. The Morgan fingerprint density at radius 2 is 1.45 bits per heavy atom. The molecule has 0 aliphatic carbocycles. The van der Waals surface area contributed by atoms with Crippen molar-refractivity contribution in [1.29, 1.82) is 0 Å². The third-order valence-electron chi connectivity index (χ3n) is 9.15. The number of carbonyl (C=O) groups is 5. The standard InChI is InChI=1S/C42H52N6O7Si/c1-8-25-48(26-9-2)39(51)34-27-31(45-37(49)35(21-16-24-44-40(43)52)46-38(50)36(29(3)4)47-41(53)54)23-22-30(34)28-55-56(42(5,6)7,32-17-12-10-13-18-32)33-19-14-11-15-20-33/h1-2,10-15,17-20,22-23,27,29,35-36,47H,16,21,24-26,28H2,3-7H3,(H,45,49)(H,46,50)(H,53,54)(H3,43,44,52). The monoisotopic (exact) mass is 780 g/mol. The zero-order valence-electron chi connectivity index (χ0n) is 32.6. The van der Waals surface area contributed by atoms with Crippen molar-refractivity contribution in [1.82, 2.24) is 20.9 Å². The van der Waals surface area contributed by atoms with Crippen LogP contribution in [0.2, 0.25) is 5.04 Å². The van der Waals surface area contributed by atoms with Crippen LogP contribution in [-0.2, 0) is 20.6 Å². The van der Waals surface area contributed by atoms with Gasteiger partial charge in [0.05, 0.1) is 19.7 Å². The molecule has 0 radical (unpaired) electrons. The lowest BCUT2D eigenvalue weighted by atomic mass is 10.0. The number of anilines is 1. The van der Waals surface area contributed by atoms with Gasteiger partial charge in [0.1, 0.15) is 12.1 Å². The van der Waals surface area contributed by atoms with Gasteiger partial charge in [0.2, 0.25) is 11.8 Å². The largest absolute Gasteiger partial charge is 0.465 e. The van der Waals surface area contributed by atoms with Gasteiger partial charge in [-0.1, -0.05) is 113 Å². The van der Waals surface area contributed by atoms with E-state index in [1.165, 1.54) is 11.0 Å². The molecule has 3 aromatic carbocycles. The highest BCUT2D eigenvalue weighted by Crippen LogP contribution is 2.37. The summed E-state index contributed by atoms with van der Waals surface area (Å²) in [5.41, 5.74) is 6.14. The number of nitrogens with two attached hydrogens (primary N) is 1. The van der Waals surface area contributed by atoms with E-state index >= 15 is 0 Å². The molecule has 0 aromatic heterocycles. The van der Waals surface area contributed by atoms with Crippen LogP contribution in [0.3, 0.4) is 0 Å². The minimum atomic E-state index is -3.04. The topological polar surface area (TPSA) is 192 Å². The molecule has 2 atom stereocenters. The summed E-state index contributed by atoms with van der Waals surface area (Å²) >= 11 is 0. The molecule has 0 aliphatic rings. The molecule has 0 heterocycles. The molecule has 0 saturated heterocycles. The average molecular weight is 781 g/mol. The molecule has 3 rings (SSSR count). The number of carbonyl (C=O) groups excluding carboxylic acids is 4. The van der Waals surface area contributed by atoms with Crippen LogP contribution in [0, 0.1) is 30.6 Å². The van der Waals surface area contributed by atoms with E-state index in [4.69, 9.17) is 23.0 Å². The number of nitrogens with one attached hydrogen (secondary N) is 4. The van der Waals surface area contributed by atoms with E-state index in [-0.39, 0.29) is 55.4 Å². The van der Waals surface area contributed by atoms with Gasteiger partial charge in [-0.3, -0.25) is 14.4 Å². The van der Waals surface area contributed by atoms with Crippen LogP contribution in [-0.4, -0.2) is 79.9 Å². The minimum absolute atomic E-state index is 0.0290. The molecule has 56 heavy (non-hydrogen) atoms. The lowest BCUT2D eigenvalue weighted by molar-refractivity contribution is -0.128. The zero-order chi connectivity index (χ0) is 41.5. The van der Waals surface area contributed by atoms with Gasteiger partial charge < -0.3 is 41.4 Å². The second-order valence-electron chi connectivity index (χ2n) is 14.5. The number of rotatable bonds is 18. The zero-order valence-corrected chi connectivity index (χ0v) is 33.6. The molecule has 3 aromatic rings. The van der Waals surface area contributed by atoms with Crippen LogP contribution in [0.1, 0.15) is 63.4 Å². The van der Waals surface area contributed by atoms with E-state index in [9.17, 15) is 29.1 Å². The van der Waals surface area contributed by atoms with Crippen molar-refractivity contribution < 1.29 is 33.5 Å². The van der Waals surface area contributed by atoms with Crippen molar-refractivity contribution in [2.45, 2.75) is 71.2 Å². The summed E-state index contributed by atoms with van der Waals surface area (Å²) in [4.78, 5) is 65.3. The molecular weight excluding hydrogens is 729 g/mol. The molecule has 7 N–H and O–H groups in total. The highest BCUT2D eigenvalue weighted by molar-refractivity contribution is 6.99. The summed E-state index contributed by atoms with van der Waals surface area (Å²) in [7, 11) is -3.04. The number of carboxylic acid groups (broad SMARTS) is 1. The Hall–Kier alpha value is -6.09. The summed E-state index contributed by atoms with van der Waals surface area (Å²) in [6.45, 7) is 9.77. The fourth-order valence-electron chi connectivity index (χ4n) is 6.46. The Labute approximate surface area is 330 Å². The van der Waals surface area contributed by atoms with Crippen LogP contribution in [0.4, 0.5) is 15.3 Å². The van der Waals surface area contributed by atoms with Crippen molar-refractivity contribution in [3.63, 3.8) is 0 Å². The van der Waals surface area contributed by atoms with Crippen LogP contribution >= 0.6 is 0 Å². The van der Waals surface area contributed by atoms with Gasteiger partial charge in [-0.2, -0.15) is 0 Å². The van der Waals surface area contributed by atoms with E-state index in [2.05, 4.69) is 78.1 Å². The Morgan fingerprint density at radius 1 is 0.875 bits per heavy atom. The number of urea groups is 1. The summed E-state index contributed by atoms with van der Waals surface area (Å²) < 4.78 is 7.15. The first-order valence-corrected chi connectivity index (χ1v) is 20.1. The van der Waals surface area contributed by atoms with Gasteiger partial charge in [0.25, 0.3) is 14.2 Å². The van der Waals surface area contributed by atoms with Gasteiger partial charge >= 0.3 is 12.1 Å². The summed E-state index contributed by atoms with van der Waals surface area (Å²) in [6, 6.07) is 21.9. The van der Waals surface area contributed by atoms with Gasteiger partial charge in [-0.05, 0) is 51.9 Å². The minimum Gasteiger partial charge on any atom is -0.465 e. The molecule has 14 heteroatoms. The SMILES string of the molecule is C#CCN(CC#C)C(=O)c1cc(NC(=O)C(CCCNC(N)=O)NC(=O)C(NC(=O)O)C(C)C)ccc1CO[Si](c1ccccc1)(c1ccccc1)C(C)(C)C. The van der Waals surface area contributed by atoms with Crippen molar-refractivity contribution >= 4 is 54.2 Å². The molecule has 296 valence electrons. The molecule has 0 spiro atoms. The van der Waals surface area contributed by atoms with Gasteiger partial charge in [-0.15, -0.1) is 12.8 Å². The van der Waals surface area contributed by atoms with Gasteiger partial charge in [0, 0.05) is 17.8 Å². The second-order valence-corrected chi connectivity index (χ2v) is 18.9. The van der Waals surface area contributed by atoms with Crippen LogP contribution < -0.4 is 37.4 Å². The van der Waals surface area contributed by atoms with E-state index in [0.29, 0.717) is 5.56 Å². The summed E-state index contributed by atoms with van der Waals surface area (Å²) in [5.74, 6) is 2.70. The van der Waals surface area contributed by atoms with Gasteiger partial charge in [-0.25, -0.2) is 9.59 Å². The molecule has 13 nitrogen and oxygen atoms in total. The third-order valence-corrected chi connectivity index (χ3v) is 14.1. The average Bonchev–Trinajstić information content (AvgIpc) is 3.15. The van der Waals surface area contributed by atoms with E-state index < -0.39 is 56.2 Å². The smallest absolute Gasteiger partial charge is 0.405 e. The third kappa shape index (κ3) is 11.7. The van der Waals surface area contributed by atoms with E-state index in [0.717, 1.165) is 10.4 Å². The highest BCUT2D eigenvalue weighted by Gasteiger charge is 2.50. The van der Waals surface area contributed by atoms with Crippen molar-refractivity contribution in [3.05, 3.63) is 90.0 Å². The first kappa shape index (κ1) is 44.3. The number of benzene rings is 3. The molecule has 6 amide bonds. The van der Waals surface area contributed by atoms with Crippen molar-refractivity contribution in [2.75, 3.05) is 25.0 Å². The first-order chi connectivity index (χ1) is 26.5. The fourth-order valence-corrected chi connectivity index (χ4v) is 11.0. The number of terminal acetylenes is 2. The molecule has 0 aliphatic heterocycles. The summed E-state index contributed by atoms with van der Waals surface area (Å²) in [6.07, 6.45) is 10.1. The van der Waals surface area contributed by atoms with Crippen LogP contribution in [0.15, 0.2) is 78.9 Å². The molecule has 0 saturated carbocycles. The lowest BCUT2D eigenvalue weighted by Gasteiger charge is -2.43. The molecule has 0 fully saturated rings. The number of nitrogens with zero attached hydrogens (tertiary/aromatic N) is 1. The van der Waals surface area contributed by atoms with Crippen molar-refractivity contribution in [2.24, 2.45) is 11.7 Å². The maximum atomic E-state index is 14.2. The number of hydrogen-bond donors (Lipinski definition) is 6. The Balaban J connectivity index is 2.08. The molecule has 0 bridgehead atoms. The quantitative estimate of drug-likeness (QED) is 0.0645. The predicted molar refractivity (Wildman–Crippen MR) is 220 cm³/mol. The maximum Gasteiger partial charge on any atom is 0.405 e. The Bertz CT molecular complexity index is 1860. The number of hydrogen-bond acceptors (Lipinski definition) is 6. The Kier molecular flexibility index (Phi) is 16.3. The normalized spacial score (nSPS) is 12.3. The number of primary amides is 1. The van der Waals surface area contributed by atoms with E-state index in [1.807, 2.05) is 36.4 Å². The lowest BCUT2D eigenvalue weighted by Crippen LogP contribution is -2.66. The van der Waals surface area contributed by atoms with Crippen LogP contribution in [0.5, 0.6) is 0 Å². The Morgan fingerprint density at radius 3 is 1.93 bits per heavy atom. The number of amides is 6.